The van der Waals surface area contributed by atoms with Gasteiger partial charge < -0.3 is 10.6 Å². The lowest BCUT2D eigenvalue weighted by Crippen LogP contribution is -2.47. The zero-order valence-corrected chi connectivity index (χ0v) is 12.1. The Balaban J connectivity index is 1.77. The third-order valence-electron chi connectivity index (χ3n) is 4.63. The maximum absolute atomic E-state index is 12.2. The smallest absolute Gasteiger partial charge is 0.224 e. The molecule has 1 aliphatic carbocycles. The Morgan fingerprint density at radius 3 is 2.50 bits per heavy atom. The largest absolute Gasteiger partial charge is 0.353 e. The number of hydrogen-bond donors (Lipinski definition) is 2. The minimum Gasteiger partial charge on any atom is -0.353 e. The van der Waals surface area contributed by atoms with E-state index in [1.165, 1.54) is 12.8 Å². The highest BCUT2D eigenvalue weighted by Crippen LogP contribution is 2.35. The first-order valence-corrected chi connectivity index (χ1v) is 7.47. The fraction of sp³-hybridized carbons (Fsp3) is 0.933. The van der Waals surface area contributed by atoms with Crippen molar-refractivity contribution in [2.45, 2.75) is 58.9 Å². The highest BCUT2D eigenvalue weighted by Gasteiger charge is 2.30. The third-order valence-corrected chi connectivity index (χ3v) is 4.63. The van der Waals surface area contributed by atoms with E-state index in [1.807, 2.05) is 0 Å². The molecule has 0 bridgehead atoms. The van der Waals surface area contributed by atoms with Gasteiger partial charge in [0.25, 0.3) is 0 Å². The molecule has 0 aromatic rings. The Labute approximate surface area is 111 Å². The molecule has 2 fully saturated rings. The van der Waals surface area contributed by atoms with Crippen LogP contribution in [-0.2, 0) is 4.79 Å². The molecule has 2 unspecified atom stereocenters. The van der Waals surface area contributed by atoms with E-state index >= 15 is 0 Å². The first-order valence-electron chi connectivity index (χ1n) is 7.47. The quantitative estimate of drug-likeness (QED) is 0.792. The second-order valence-corrected chi connectivity index (χ2v) is 7.14. The lowest BCUT2D eigenvalue weighted by atomic mass is 9.75. The van der Waals surface area contributed by atoms with E-state index in [2.05, 4.69) is 31.4 Å². The number of piperidine rings is 1. The number of nitrogens with one attached hydrogen (secondary N) is 2. The van der Waals surface area contributed by atoms with Crippen molar-refractivity contribution in [3.63, 3.8) is 0 Å². The number of carbonyl (C=O) groups excluding carboxylic acids is 1. The number of hydrogen-bond acceptors (Lipinski definition) is 2. The summed E-state index contributed by atoms with van der Waals surface area (Å²) in [7, 11) is 0. The molecule has 2 aliphatic rings. The zero-order valence-electron chi connectivity index (χ0n) is 12.1. The van der Waals surface area contributed by atoms with Gasteiger partial charge in [-0.15, -0.1) is 0 Å². The number of amides is 1. The molecule has 2 N–H and O–H groups in total. The van der Waals surface area contributed by atoms with Gasteiger partial charge in [0.05, 0.1) is 5.92 Å². The molecule has 2 rings (SSSR count). The van der Waals surface area contributed by atoms with Crippen LogP contribution < -0.4 is 10.6 Å². The Morgan fingerprint density at radius 1 is 1.22 bits per heavy atom. The average Bonchev–Trinajstić information content (AvgIpc) is 2.32. The van der Waals surface area contributed by atoms with Crippen molar-refractivity contribution in [2.75, 3.05) is 13.1 Å². The van der Waals surface area contributed by atoms with Crippen molar-refractivity contribution in [1.82, 2.24) is 10.6 Å². The highest BCUT2D eigenvalue weighted by molar-refractivity contribution is 5.79. The minimum atomic E-state index is 0.184. The molecule has 2 atom stereocenters. The van der Waals surface area contributed by atoms with Crippen LogP contribution in [0.1, 0.15) is 52.9 Å². The molecule has 18 heavy (non-hydrogen) atoms. The first-order chi connectivity index (χ1) is 8.46. The second kappa shape index (κ2) is 5.60. The SMILES string of the molecule is CC1CNCC(C(=O)NC2CCC(C)(C)CC2)C1. The molecule has 1 aliphatic heterocycles. The van der Waals surface area contributed by atoms with Gasteiger partial charge in [0.1, 0.15) is 0 Å². The van der Waals surface area contributed by atoms with Gasteiger partial charge in [-0.1, -0.05) is 20.8 Å². The van der Waals surface area contributed by atoms with Crippen LogP contribution >= 0.6 is 0 Å². The summed E-state index contributed by atoms with van der Waals surface area (Å²) in [5.74, 6) is 1.09. The van der Waals surface area contributed by atoms with E-state index in [1.54, 1.807) is 0 Å². The molecule has 1 saturated heterocycles. The fourth-order valence-electron chi connectivity index (χ4n) is 3.22. The van der Waals surface area contributed by atoms with E-state index in [-0.39, 0.29) is 11.8 Å². The van der Waals surface area contributed by atoms with Crippen molar-refractivity contribution in [2.24, 2.45) is 17.3 Å². The molecule has 1 heterocycles. The van der Waals surface area contributed by atoms with Crippen molar-refractivity contribution in [3.05, 3.63) is 0 Å². The topological polar surface area (TPSA) is 41.1 Å². The van der Waals surface area contributed by atoms with E-state index in [9.17, 15) is 4.79 Å². The van der Waals surface area contributed by atoms with Gasteiger partial charge in [-0.3, -0.25) is 4.79 Å². The maximum Gasteiger partial charge on any atom is 0.224 e. The summed E-state index contributed by atoms with van der Waals surface area (Å²) in [6.07, 6.45) is 5.80. The van der Waals surface area contributed by atoms with Crippen LogP contribution in [-0.4, -0.2) is 25.0 Å². The molecule has 1 saturated carbocycles. The van der Waals surface area contributed by atoms with Crippen molar-refractivity contribution >= 4 is 5.91 Å². The van der Waals surface area contributed by atoms with Gasteiger partial charge in [0, 0.05) is 12.6 Å². The molecule has 3 nitrogen and oxygen atoms in total. The summed E-state index contributed by atoms with van der Waals surface area (Å²) in [5.41, 5.74) is 0.474. The number of carbonyl (C=O) groups is 1. The lowest BCUT2D eigenvalue weighted by Gasteiger charge is -2.36. The van der Waals surface area contributed by atoms with Crippen molar-refractivity contribution in [1.29, 1.82) is 0 Å². The Kier molecular flexibility index (Phi) is 4.31. The summed E-state index contributed by atoms with van der Waals surface area (Å²) in [5, 5.41) is 6.62. The highest BCUT2D eigenvalue weighted by atomic mass is 16.2. The molecule has 0 spiro atoms. The predicted octanol–water partition coefficient (Wildman–Crippen LogP) is 2.32. The van der Waals surface area contributed by atoms with Crippen LogP contribution in [0.5, 0.6) is 0 Å². The van der Waals surface area contributed by atoms with Gasteiger partial charge in [-0.2, -0.15) is 0 Å². The van der Waals surface area contributed by atoms with Crippen LogP contribution in [0.4, 0.5) is 0 Å². The van der Waals surface area contributed by atoms with Gasteiger partial charge in [-0.25, -0.2) is 0 Å². The summed E-state index contributed by atoms with van der Waals surface area (Å²) >= 11 is 0. The Bertz CT molecular complexity index is 291. The van der Waals surface area contributed by atoms with Crippen molar-refractivity contribution in [3.8, 4) is 0 Å². The average molecular weight is 252 g/mol. The predicted molar refractivity (Wildman–Crippen MR) is 74.3 cm³/mol. The van der Waals surface area contributed by atoms with Crippen LogP contribution in [0.2, 0.25) is 0 Å². The molecule has 0 aromatic heterocycles. The van der Waals surface area contributed by atoms with E-state index in [0.717, 1.165) is 32.4 Å². The summed E-state index contributed by atoms with van der Waals surface area (Å²) in [6, 6.07) is 0.419. The van der Waals surface area contributed by atoms with Gasteiger partial charge in [0.2, 0.25) is 5.91 Å². The number of rotatable bonds is 2. The van der Waals surface area contributed by atoms with Crippen molar-refractivity contribution < 1.29 is 4.79 Å². The first kappa shape index (κ1) is 13.9. The molecule has 0 radical (unpaired) electrons. The molecular weight excluding hydrogens is 224 g/mol. The van der Waals surface area contributed by atoms with Crippen LogP contribution in [0.25, 0.3) is 0 Å². The van der Waals surface area contributed by atoms with Gasteiger partial charge in [-0.05, 0) is 50.0 Å². The van der Waals surface area contributed by atoms with E-state index in [0.29, 0.717) is 17.4 Å². The van der Waals surface area contributed by atoms with Crippen LogP contribution in [0.15, 0.2) is 0 Å². The zero-order chi connectivity index (χ0) is 13.2. The second-order valence-electron chi connectivity index (χ2n) is 7.14. The van der Waals surface area contributed by atoms with E-state index < -0.39 is 0 Å². The monoisotopic (exact) mass is 252 g/mol. The Morgan fingerprint density at radius 2 is 1.89 bits per heavy atom. The molecule has 0 aromatic carbocycles. The standard InChI is InChI=1S/C15H28N2O/c1-11-8-12(10-16-9-11)14(18)17-13-4-6-15(2,3)7-5-13/h11-13,16H,4-10H2,1-3H3,(H,17,18). The minimum absolute atomic E-state index is 0.184. The summed E-state index contributed by atoms with van der Waals surface area (Å²) in [6.45, 7) is 8.79. The Hall–Kier alpha value is -0.570. The molecule has 1 amide bonds. The summed E-state index contributed by atoms with van der Waals surface area (Å²) in [4.78, 5) is 12.2. The molecular formula is C15H28N2O. The van der Waals surface area contributed by atoms with Gasteiger partial charge in [0.15, 0.2) is 0 Å². The van der Waals surface area contributed by atoms with E-state index in [4.69, 9.17) is 0 Å². The fourth-order valence-corrected chi connectivity index (χ4v) is 3.22. The third kappa shape index (κ3) is 3.71. The lowest BCUT2D eigenvalue weighted by molar-refractivity contribution is -0.127. The van der Waals surface area contributed by atoms with Crippen LogP contribution in [0.3, 0.4) is 0 Å². The normalized spacial score (nSPS) is 33.1. The van der Waals surface area contributed by atoms with Crippen LogP contribution in [0, 0.1) is 17.3 Å². The summed E-state index contributed by atoms with van der Waals surface area (Å²) < 4.78 is 0. The van der Waals surface area contributed by atoms with Gasteiger partial charge >= 0.3 is 0 Å². The maximum atomic E-state index is 12.2. The molecule has 3 heteroatoms. The molecule has 104 valence electrons.